The average molecular weight is 262 g/mol. The van der Waals surface area contributed by atoms with E-state index in [1.54, 1.807) is 6.92 Å². The smallest absolute Gasteiger partial charge is 0.275 e. The number of nitrogens with zero attached hydrogens (tertiary/aromatic N) is 1. The predicted molar refractivity (Wildman–Crippen MR) is 68.7 cm³/mol. The zero-order chi connectivity index (χ0) is 14.0. The highest BCUT2D eigenvalue weighted by atomic mass is 19.1. The Bertz CT molecular complexity index is 644. The molecule has 5 nitrogen and oxygen atoms in total. The molecule has 0 atom stereocenters. The number of aryl methyl sites for hydroxylation is 1. The van der Waals surface area contributed by atoms with E-state index in [9.17, 15) is 14.5 Å². The standard InChI is InChI=1S/C13H11FN2O3/c1-8-4-9(14)2-3-13(8)19-12-6-10(15)5-11(7-12)16(17)18/h2-7H,15H2,1H3. The van der Waals surface area contributed by atoms with Crippen LogP contribution in [0.15, 0.2) is 36.4 Å². The van der Waals surface area contributed by atoms with Crippen molar-refractivity contribution in [2.24, 2.45) is 0 Å². The molecule has 0 spiro atoms. The first-order chi connectivity index (χ1) is 8.95. The number of hydrogen-bond donors (Lipinski definition) is 1. The van der Waals surface area contributed by atoms with Crippen molar-refractivity contribution in [1.29, 1.82) is 0 Å². The van der Waals surface area contributed by atoms with E-state index in [0.29, 0.717) is 11.3 Å². The number of hydrogen-bond acceptors (Lipinski definition) is 4. The molecular formula is C13H11FN2O3. The summed E-state index contributed by atoms with van der Waals surface area (Å²) in [4.78, 5) is 10.2. The molecule has 0 heterocycles. The van der Waals surface area contributed by atoms with Crippen molar-refractivity contribution in [2.75, 3.05) is 5.73 Å². The van der Waals surface area contributed by atoms with Gasteiger partial charge in [0.1, 0.15) is 17.3 Å². The summed E-state index contributed by atoms with van der Waals surface area (Å²) < 4.78 is 18.4. The Morgan fingerprint density at radius 3 is 2.63 bits per heavy atom. The van der Waals surface area contributed by atoms with Gasteiger partial charge in [-0.15, -0.1) is 0 Å². The van der Waals surface area contributed by atoms with Crippen molar-refractivity contribution in [2.45, 2.75) is 6.92 Å². The van der Waals surface area contributed by atoms with E-state index in [0.717, 1.165) is 0 Å². The Hall–Kier alpha value is -2.63. The molecule has 98 valence electrons. The van der Waals surface area contributed by atoms with Crippen LogP contribution in [0.5, 0.6) is 11.5 Å². The fraction of sp³-hybridized carbons (Fsp3) is 0.0769. The van der Waals surface area contributed by atoms with Crippen molar-refractivity contribution >= 4 is 11.4 Å². The second-order valence-electron chi connectivity index (χ2n) is 4.03. The number of rotatable bonds is 3. The molecule has 2 aromatic rings. The van der Waals surface area contributed by atoms with Crippen LogP contribution in [-0.2, 0) is 0 Å². The van der Waals surface area contributed by atoms with Crippen molar-refractivity contribution in [3.05, 3.63) is 57.9 Å². The van der Waals surface area contributed by atoms with Gasteiger partial charge in [-0.3, -0.25) is 10.1 Å². The van der Waals surface area contributed by atoms with Gasteiger partial charge in [0.15, 0.2) is 0 Å². The van der Waals surface area contributed by atoms with Gasteiger partial charge in [-0.1, -0.05) is 0 Å². The van der Waals surface area contributed by atoms with Crippen LogP contribution in [0.2, 0.25) is 0 Å². The second kappa shape index (κ2) is 4.93. The highest BCUT2D eigenvalue weighted by molar-refractivity contribution is 5.54. The van der Waals surface area contributed by atoms with Crippen molar-refractivity contribution in [1.82, 2.24) is 0 Å². The van der Waals surface area contributed by atoms with E-state index >= 15 is 0 Å². The van der Waals surface area contributed by atoms with E-state index in [2.05, 4.69) is 0 Å². The minimum Gasteiger partial charge on any atom is -0.457 e. The van der Waals surface area contributed by atoms with Gasteiger partial charge in [-0.2, -0.15) is 0 Å². The molecular weight excluding hydrogens is 251 g/mol. The number of ether oxygens (including phenoxy) is 1. The highest BCUT2D eigenvalue weighted by Gasteiger charge is 2.11. The highest BCUT2D eigenvalue weighted by Crippen LogP contribution is 2.30. The molecule has 19 heavy (non-hydrogen) atoms. The lowest BCUT2D eigenvalue weighted by atomic mass is 10.2. The lowest BCUT2D eigenvalue weighted by molar-refractivity contribution is -0.384. The SMILES string of the molecule is Cc1cc(F)ccc1Oc1cc(N)cc([N+](=O)[O-])c1. The molecule has 0 amide bonds. The van der Waals surface area contributed by atoms with E-state index in [-0.39, 0.29) is 22.9 Å². The van der Waals surface area contributed by atoms with E-state index in [1.165, 1.54) is 36.4 Å². The minimum absolute atomic E-state index is 0.158. The van der Waals surface area contributed by atoms with E-state index in [1.807, 2.05) is 0 Å². The fourth-order valence-electron chi connectivity index (χ4n) is 1.62. The monoisotopic (exact) mass is 262 g/mol. The van der Waals surface area contributed by atoms with E-state index < -0.39 is 4.92 Å². The van der Waals surface area contributed by atoms with Crippen molar-refractivity contribution < 1.29 is 14.1 Å². The van der Waals surface area contributed by atoms with Gasteiger partial charge >= 0.3 is 0 Å². The van der Waals surface area contributed by atoms with Gasteiger partial charge in [0.2, 0.25) is 0 Å². The number of nitro benzene ring substituents is 1. The van der Waals surface area contributed by atoms with Crippen LogP contribution >= 0.6 is 0 Å². The number of nitro groups is 1. The number of nitrogens with two attached hydrogens (primary N) is 1. The maximum atomic E-state index is 13.0. The summed E-state index contributed by atoms with van der Waals surface area (Å²) in [6.45, 7) is 1.68. The third-order valence-electron chi connectivity index (χ3n) is 2.49. The summed E-state index contributed by atoms with van der Waals surface area (Å²) in [5.74, 6) is 0.283. The maximum absolute atomic E-state index is 13.0. The fourth-order valence-corrected chi connectivity index (χ4v) is 1.62. The maximum Gasteiger partial charge on any atom is 0.275 e. The number of benzene rings is 2. The summed E-state index contributed by atoms with van der Waals surface area (Å²) in [6, 6.07) is 8.00. The molecule has 0 fully saturated rings. The predicted octanol–water partition coefficient (Wildman–Crippen LogP) is 3.42. The summed E-state index contributed by atoms with van der Waals surface area (Å²) in [5, 5.41) is 10.7. The van der Waals surface area contributed by atoms with E-state index in [4.69, 9.17) is 10.5 Å². The van der Waals surface area contributed by atoms with Crippen molar-refractivity contribution in [3.8, 4) is 11.5 Å². The molecule has 2 aromatic carbocycles. The first-order valence-corrected chi connectivity index (χ1v) is 5.44. The molecule has 2 N–H and O–H groups in total. The zero-order valence-electron chi connectivity index (χ0n) is 10.1. The first kappa shape index (κ1) is 12.8. The van der Waals surface area contributed by atoms with Gasteiger partial charge in [-0.05, 0) is 30.7 Å². The Balaban J connectivity index is 2.35. The zero-order valence-corrected chi connectivity index (χ0v) is 10.1. The summed E-state index contributed by atoms with van der Waals surface area (Å²) in [7, 11) is 0. The largest absolute Gasteiger partial charge is 0.457 e. The van der Waals surface area contributed by atoms with Crippen LogP contribution in [-0.4, -0.2) is 4.92 Å². The topological polar surface area (TPSA) is 78.4 Å². The summed E-state index contributed by atoms with van der Waals surface area (Å²) in [6.07, 6.45) is 0. The van der Waals surface area contributed by atoms with Crippen molar-refractivity contribution in [3.63, 3.8) is 0 Å². The van der Waals surface area contributed by atoms with Crippen LogP contribution in [0, 0.1) is 22.9 Å². The molecule has 2 rings (SSSR count). The molecule has 0 unspecified atom stereocenters. The number of nitrogen functional groups attached to an aromatic ring is 1. The molecule has 0 aromatic heterocycles. The van der Waals surface area contributed by atoms with Gasteiger partial charge in [-0.25, -0.2) is 4.39 Å². The van der Waals surface area contributed by atoms with Crippen LogP contribution in [0.4, 0.5) is 15.8 Å². The Kier molecular flexibility index (Phi) is 3.33. The Morgan fingerprint density at radius 1 is 1.26 bits per heavy atom. The first-order valence-electron chi connectivity index (χ1n) is 5.44. The molecule has 6 heteroatoms. The molecule has 0 aliphatic rings. The molecule has 0 saturated carbocycles. The number of non-ortho nitro benzene ring substituents is 1. The van der Waals surface area contributed by atoms with Crippen LogP contribution in [0.25, 0.3) is 0 Å². The lowest BCUT2D eigenvalue weighted by Gasteiger charge is -2.09. The third-order valence-corrected chi connectivity index (χ3v) is 2.49. The van der Waals surface area contributed by atoms with Gasteiger partial charge in [0, 0.05) is 17.8 Å². The Labute approximate surface area is 108 Å². The van der Waals surface area contributed by atoms with Crippen LogP contribution in [0.1, 0.15) is 5.56 Å². The number of halogens is 1. The molecule has 0 aliphatic carbocycles. The van der Waals surface area contributed by atoms with Gasteiger partial charge in [0.25, 0.3) is 5.69 Å². The second-order valence-corrected chi connectivity index (χ2v) is 4.03. The van der Waals surface area contributed by atoms with Gasteiger partial charge < -0.3 is 10.5 Å². The summed E-state index contributed by atoms with van der Waals surface area (Å²) >= 11 is 0. The molecule has 0 aliphatic heterocycles. The average Bonchev–Trinajstić information content (AvgIpc) is 2.32. The molecule has 0 saturated heterocycles. The van der Waals surface area contributed by atoms with Gasteiger partial charge in [0.05, 0.1) is 11.0 Å². The Morgan fingerprint density at radius 2 is 2.00 bits per heavy atom. The van der Waals surface area contributed by atoms with Crippen LogP contribution in [0.3, 0.4) is 0 Å². The van der Waals surface area contributed by atoms with Crippen LogP contribution < -0.4 is 10.5 Å². The molecule has 0 bridgehead atoms. The summed E-state index contributed by atoms with van der Waals surface area (Å²) in [5.41, 5.74) is 6.22. The quantitative estimate of drug-likeness (QED) is 0.522. The normalized spacial score (nSPS) is 10.2. The minimum atomic E-state index is -0.555. The lowest BCUT2D eigenvalue weighted by Crippen LogP contribution is -1.94. The molecule has 0 radical (unpaired) electrons. The third kappa shape index (κ3) is 2.98. The number of anilines is 1.